The van der Waals surface area contributed by atoms with Gasteiger partial charge in [0.25, 0.3) is 15.9 Å². The van der Waals surface area contributed by atoms with Crippen LogP contribution in [0.5, 0.6) is 0 Å². The first kappa shape index (κ1) is 18.9. The van der Waals surface area contributed by atoms with E-state index in [-0.39, 0.29) is 16.4 Å². The number of sulfonamides is 1. The molecule has 1 heterocycles. The SMILES string of the molecule is CCCCN(C)C(=O)c1ccccc1S(=O)(=O)Nc1cnccc1C. The van der Waals surface area contributed by atoms with E-state index in [1.807, 2.05) is 6.92 Å². The minimum Gasteiger partial charge on any atom is -0.342 e. The highest BCUT2D eigenvalue weighted by Gasteiger charge is 2.24. The van der Waals surface area contributed by atoms with Crippen molar-refractivity contribution in [2.24, 2.45) is 0 Å². The number of amides is 1. The van der Waals surface area contributed by atoms with Crippen LogP contribution in [0.25, 0.3) is 0 Å². The Morgan fingerprint density at radius 1 is 1.24 bits per heavy atom. The van der Waals surface area contributed by atoms with Crippen molar-refractivity contribution >= 4 is 21.6 Å². The van der Waals surface area contributed by atoms with Crippen LogP contribution in [0.4, 0.5) is 5.69 Å². The van der Waals surface area contributed by atoms with E-state index in [1.165, 1.54) is 18.3 Å². The standard InChI is InChI=1S/C18H23N3O3S/c1-4-5-12-21(3)18(22)15-8-6-7-9-17(15)25(23,24)20-16-13-19-11-10-14(16)2/h6-11,13,20H,4-5,12H2,1-3H3. The van der Waals surface area contributed by atoms with Gasteiger partial charge in [-0.1, -0.05) is 25.5 Å². The van der Waals surface area contributed by atoms with Gasteiger partial charge in [-0.3, -0.25) is 14.5 Å². The third kappa shape index (κ3) is 4.57. The molecule has 1 aromatic heterocycles. The van der Waals surface area contributed by atoms with E-state index in [2.05, 4.69) is 9.71 Å². The van der Waals surface area contributed by atoms with Crippen molar-refractivity contribution in [3.63, 3.8) is 0 Å². The van der Waals surface area contributed by atoms with Crippen LogP contribution in [0.15, 0.2) is 47.6 Å². The molecule has 0 aliphatic heterocycles. The first-order chi connectivity index (χ1) is 11.9. The van der Waals surface area contributed by atoms with Gasteiger partial charge in [-0.2, -0.15) is 0 Å². The first-order valence-corrected chi connectivity index (χ1v) is 9.63. The normalized spacial score (nSPS) is 11.2. The van der Waals surface area contributed by atoms with E-state index in [4.69, 9.17) is 0 Å². The maximum absolute atomic E-state index is 12.8. The number of carbonyl (C=O) groups is 1. The summed E-state index contributed by atoms with van der Waals surface area (Å²) in [5.41, 5.74) is 1.31. The van der Waals surface area contributed by atoms with Gasteiger partial charge >= 0.3 is 0 Å². The van der Waals surface area contributed by atoms with Gasteiger partial charge in [0, 0.05) is 19.8 Å². The fourth-order valence-electron chi connectivity index (χ4n) is 2.35. The molecule has 1 N–H and O–H groups in total. The van der Waals surface area contributed by atoms with Crippen molar-refractivity contribution in [1.82, 2.24) is 9.88 Å². The number of pyridine rings is 1. The lowest BCUT2D eigenvalue weighted by molar-refractivity contribution is 0.0789. The molecule has 0 aliphatic rings. The van der Waals surface area contributed by atoms with Gasteiger partial charge in [0.2, 0.25) is 0 Å². The van der Waals surface area contributed by atoms with Crippen LogP contribution in [0.2, 0.25) is 0 Å². The predicted octanol–water partition coefficient (Wildman–Crippen LogP) is 3.06. The van der Waals surface area contributed by atoms with E-state index in [0.29, 0.717) is 12.2 Å². The maximum Gasteiger partial charge on any atom is 0.262 e. The summed E-state index contributed by atoms with van der Waals surface area (Å²) >= 11 is 0. The van der Waals surface area contributed by atoms with Crippen LogP contribution >= 0.6 is 0 Å². The molecule has 6 nitrogen and oxygen atoms in total. The van der Waals surface area contributed by atoms with Crippen molar-refractivity contribution in [2.45, 2.75) is 31.6 Å². The number of aryl methyl sites for hydroxylation is 1. The number of carbonyl (C=O) groups excluding carboxylic acids is 1. The number of unbranched alkanes of at least 4 members (excludes halogenated alkanes) is 1. The second-order valence-electron chi connectivity index (χ2n) is 5.87. The number of hydrogen-bond acceptors (Lipinski definition) is 4. The van der Waals surface area contributed by atoms with E-state index >= 15 is 0 Å². The van der Waals surface area contributed by atoms with Crippen molar-refractivity contribution in [1.29, 1.82) is 0 Å². The monoisotopic (exact) mass is 361 g/mol. The lowest BCUT2D eigenvalue weighted by Crippen LogP contribution is -2.29. The second kappa shape index (κ2) is 8.11. The zero-order valence-electron chi connectivity index (χ0n) is 14.7. The number of aromatic nitrogens is 1. The van der Waals surface area contributed by atoms with Crippen LogP contribution in [-0.4, -0.2) is 37.8 Å². The smallest absolute Gasteiger partial charge is 0.262 e. The Balaban J connectivity index is 2.36. The molecule has 0 fully saturated rings. The molecule has 0 radical (unpaired) electrons. The number of benzene rings is 1. The molecule has 0 aliphatic carbocycles. The van der Waals surface area contributed by atoms with Crippen molar-refractivity contribution < 1.29 is 13.2 Å². The maximum atomic E-state index is 12.8. The highest BCUT2D eigenvalue weighted by Crippen LogP contribution is 2.22. The summed E-state index contributed by atoms with van der Waals surface area (Å²) in [5.74, 6) is -0.308. The quantitative estimate of drug-likeness (QED) is 0.822. The van der Waals surface area contributed by atoms with E-state index in [0.717, 1.165) is 18.4 Å². The molecule has 0 saturated heterocycles. The van der Waals surface area contributed by atoms with Gasteiger partial charge in [-0.25, -0.2) is 8.42 Å². The summed E-state index contributed by atoms with van der Waals surface area (Å²) in [6.45, 7) is 4.41. The number of anilines is 1. The van der Waals surface area contributed by atoms with Crippen LogP contribution in [-0.2, 0) is 10.0 Å². The molecule has 1 amide bonds. The summed E-state index contributed by atoms with van der Waals surface area (Å²) in [7, 11) is -2.22. The van der Waals surface area contributed by atoms with Gasteiger partial charge in [-0.15, -0.1) is 0 Å². The Labute approximate surface area is 148 Å². The Hall–Kier alpha value is -2.41. The van der Waals surface area contributed by atoms with Crippen LogP contribution in [0, 0.1) is 6.92 Å². The third-order valence-electron chi connectivity index (χ3n) is 3.88. The van der Waals surface area contributed by atoms with E-state index in [9.17, 15) is 13.2 Å². The van der Waals surface area contributed by atoms with E-state index < -0.39 is 10.0 Å². The minimum absolute atomic E-state index is 0.0356. The van der Waals surface area contributed by atoms with Crippen LogP contribution in [0.1, 0.15) is 35.7 Å². The molecule has 25 heavy (non-hydrogen) atoms. The first-order valence-electron chi connectivity index (χ1n) is 8.14. The summed E-state index contributed by atoms with van der Waals surface area (Å²) < 4.78 is 28.1. The van der Waals surface area contributed by atoms with E-state index in [1.54, 1.807) is 43.3 Å². The molecule has 0 atom stereocenters. The third-order valence-corrected chi connectivity index (χ3v) is 5.31. The molecule has 2 aromatic rings. The molecular formula is C18H23N3O3S. The summed E-state index contributed by atoms with van der Waals surface area (Å²) in [5, 5.41) is 0. The largest absolute Gasteiger partial charge is 0.342 e. The lowest BCUT2D eigenvalue weighted by atomic mass is 10.2. The molecule has 1 aromatic carbocycles. The average molecular weight is 361 g/mol. The Kier molecular flexibility index (Phi) is 6.14. The molecule has 0 unspecified atom stereocenters. The van der Waals surface area contributed by atoms with Gasteiger partial charge in [0.1, 0.15) is 4.90 Å². The van der Waals surface area contributed by atoms with Crippen LogP contribution in [0.3, 0.4) is 0 Å². The highest BCUT2D eigenvalue weighted by atomic mass is 32.2. The molecule has 134 valence electrons. The zero-order chi connectivity index (χ0) is 18.4. The Bertz CT molecular complexity index is 850. The minimum atomic E-state index is -3.90. The fraction of sp³-hybridized carbons (Fsp3) is 0.333. The van der Waals surface area contributed by atoms with Crippen LogP contribution < -0.4 is 4.72 Å². The molecule has 0 spiro atoms. The van der Waals surface area contributed by atoms with Gasteiger partial charge < -0.3 is 4.90 Å². The molecular weight excluding hydrogens is 338 g/mol. The molecule has 2 rings (SSSR count). The molecule has 0 saturated carbocycles. The van der Waals surface area contributed by atoms with Crippen molar-refractivity contribution in [3.8, 4) is 0 Å². The zero-order valence-corrected chi connectivity index (χ0v) is 15.5. The Morgan fingerprint density at radius 3 is 2.64 bits per heavy atom. The van der Waals surface area contributed by atoms with Crippen molar-refractivity contribution in [3.05, 3.63) is 53.9 Å². The average Bonchev–Trinajstić information content (AvgIpc) is 2.61. The number of nitrogens with zero attached hydrogens (tertiary/aromatic N) is 2. The number of rotatable bonds is 7. The topological polar surface area (TPSA) is 79.4 Å². The number of nitrogens with one attached hydrogen (secondary N) is 1. The second-order valence-corrected chi connectivity index (χ2v) is 7.52. The predicted molar refractivity (Wildman–Crippen MR) is 98.1 cm³/mol. The molecule has 7 heteroatoms. The lowest BCUT2D eigenvalue weighted by Gasteiger charge is -2.19. The Morgan fingerprint density at radius 2 is 1.96 bits per heavy atom. The van der Waals surface area contributed by atoms with Gasteiger partial charge in [0.15, 0.2) is 0 Å². The van der Waals surface area contributed by atoms with Crippen molar-refractivity contribution in [2.75, 3.05) is 18.3 Å². The number of hydrogen-bond donors (Lipinski definition) is 1. The molecule has 0 bridgehead atoms. The highest BCUT2D eigenvalue weighted by molar-refractivity contribution is 7.92. The van der Waals surface area contributed by atoms with Gasteiger partial charge in [0.05, 0.1) is 17.4 Å². The van der Waals surface area contributed by atoms with Gasteiger partial charge in [-0.05, 0) is 37.1 Å². The summed E-state index contributed by atoms with van der Waals surface area (Å²) in [6, 6.07) is 7.96. The summed E-state index contributed by atoms with van der Waals surface area (Å²) in [4.78, 5) is 18.1. The summed E-state index contributed by atoms with van der Waals surface area (Å²) in [6.07, 6.45) is 4.86. The fourth-order valence-corrected chi connectivity index (χ4v) is 3.67.